The van der Waals surface area contributed by atoms with Crippen LogP contribution in [0.15, 0.2) is 69.6 Å². The van der Waals surface area contributed by atoms with E-state index in [0.29, 0.717) is 43.2 Å². The number of fused-ring (bicyclic) bond motifs is 2. The van der Waals surface area contributed by atoms with Crippen LogP contribution in [0.5, 0.6) is 11.5 Å². The van der Waals surface area contributed by atoms with Gasteiger partial charge in [0, 0.05) is 17.1 Å². The molecule has 2 aliphatic heterocycles. The highest BCUT2D eigenvalue weighted by Gasteiger charge is 2.34. The average Bonchev–Trinajstić information content (AvgIpc) is 3.67. The number of hydrogen-bond donors (Lipinski definition) is 0. The monoisotopic (exact) mass is 599 g/mol. The summed E-state index contributed by atoms with van der Waals surface area (Å²) < 4.78 is 25.4. The normalized spacial score (nSPS) is 15.7. The molecule has 2 aromatic heterocycles. The molecule has 10 nitrogen and oxygen atoms in total. The molecule has 0 spiro atoms. The minimum Gasteiger partial charge on any atom is -0.465 e. The highest BCUT2D eigenvalue weighted by molar-refractivity contribution is 7.07. The number of esters is 2. The van der Waals surface area contributed by atoms with Gasteiger partial charge in [-0.2, -0.15) is 0 Å². The lowest BCUT2D eigenvalue weighted by Gasteiger charge is -2.24. The van der Waals surface area contributed by atoms with Crippen molar-refractivity contribution in [3.8, 4) is 17.2 Å². The van der Waals surface area contributed by atoms with E-state index in [-0.39, 0.29) is 19.0 Å². The van der Waals surface area contributed by atoms with E-state index in [0.717, 1.165) is 22.6 Å². The van der Waals surface area contributed by atoms with Crippen molar-refractivity contribution in [3.05, 3.63) is 108 Å². The van der Waals surface area contributed by atoms with Gasteiger partial charge in [0.1, 0.15) is 0 Å². The fourth-order valence-electron chi connectivity index (χ4n) is 5.53. The topological polar surface area (TPSA) is 110 Å². The molecule has 0 saturated heterocycles. The van der Waals surface area contributed by atoms with E-state index in [1.807, 2.05) is 44.2 Å². The van der Waals surface area contributed by atoms with Gasteiger partial charge in [0.2, 0.25) is 6.79 Å². The first-order valence-electron chi connectivity index (χ1n) is 13.7. The number of hydrogen-bond acceptors (Lipinski definition) is 9. The van der Waals surface area contributed by atoms with Crippen LogP contribution < -0.4 is 24.4 Å². The second kappa shape index (κ2) is 11.1. The van der Waals surface area contributed by atoms with Gasteiger partial charge in [0.15, 0.2) is 16.3 Å². The third kappa shape index (κ3) is 4.85. The molecule has 0 bridgehead atoms. The number of carbonyl (C=O) groups is 2. The zero-order chi connectivity index (χ0) is 30.4. The van der Waals surface area contributed by atoms with Crippen molar-refractivity contribution in [2.24, 2.45) is 4.99 Å². The van der Waals surface area contributed by atoms with Crippen molar-refractivity contribution >= 4 is 29.4 Å². The summed E-state index contributed by atoms with van der Waals surface area (Å²) in [5.41, 5.74) is 5.28. The zero-order valence-corrected chi connectivity index (χ0v) is 25.1. The molecule has 0 fully saturated rings. The average molecular weight is 600 g/mol. The van der Waals surface area contributed by atoms with Crippen LogP contribution >= 0.6 is 11.3 Å². The summed E-state index contributed by atoms with van der Waals surface area (Å²) in [7, 11) is 1.35. The van der Waals surface area contributed by atoms with Crippen molar-refractivity contribution in [1.82, 2.24) is 9.13 Å². The van der Waals surface area contributed by atoms with Gasteiger partial charge in [-0.25, -0.2) is 14.6 Å². The number of thiazole rings is 1. The molecule has 0 saturated carbocycles. The number of methoxy groups -OCH3 is 1. The van der Waals surface area contributed by atoms with E-state index in [2.05, 4.69) is 9.56 Å². The second-order valence-corrected chi connectivity index (χ2v) is 11.1. The van der Waals surface area contributed by atoms with E-state index in [9.17, 15) is 14.4 Å². The summed E-state index contributed by atoms with van der Waals surface area (Å²) in [6.07, 6.45) is 1.85. The molecule has 0 radical (unpaired) electrons. The molecule has 220 valence electrons. The SMILES string of the molecule is CCOC(=O)C1=C(C)N=c2s/c(=C/c3cc(C)n(-c4ccc(C(=O)OC)cc4)c3C)c(=O)n2[C@H]1c1ccc2c(c1)OCO2. The van der Waals surface area contributed by atoms with E-state index in [4.69, 9.17) is 18.9 Å². The van der Waals surface area contributed by atoms with E-state index < -0.39 is 18.0 Å². The van der Waals surface area contributed by atoms with Gasteiger partial charge in [0.05, 0.1) is 41.1 Å². The number of aromatic nitrogens is 2. The van der Waals surface area contributed by atoms with Crippen LogP contribution in [0, 0.1) is 13.8 Å². The van der Waals surface area contributed by atoms with Gasteiger partial charge >= 0.3 is 11.9 Å². The highest BCUT2D eigenvalue weighted by Crippen LogP contribution is 2.38. The number of ether oxygens (including phenoxy) is 4. The van der Waals surface area contributed by atoms with Crippen molar-refractivity contribution in [2.75, 3.05) is 20.5 Å². The molecule has 4 aromatic rings. The molecule has 0 N–H and O–H groups in total. The number of nitrogens with zero attached hydrogens (tertiary/aromatic N) is 3. The van der Waals surface area contributed by atoms with E-state index in [1.165, 1.54) is 18.4 Å². The molecule has 0 aliphatic carbocycles. The fourth-order valence-corrected chi connectivity index (χ4v) is 6.56. The summed E-state index contributed by atoms with van der Waals surface area (Å²) >= 11 is 1.26. The van der Waals surface area contributed by atoms with Crippen LogP contribution in [0.1, 0.15) is 52.8 Å². The molecule has 0 amide bonds. The Bertz CT molecular complexity index is 2000. The van der Waals surface area contributed by atoms with Crippen LogP contribution in [0.25, 0.3) is 11.8 Å². The lowest BCUT2D eigenvalue weighted by Crippen LogP contribution is -2.39. The Kier molecular flexibility index (Phi) is 7.26. The van der Waals surface area contributed by atoms with Gasteiger partial charge in [-0.1, -0.05) is 17.4 Å². The largest absolute Gasteiger partial charge is 0.465 e. The lowest BCUT2D eigenvalue weighted by molar-refractivity contribution is -0.139. The predicted molar refractivity (Wildman–Crippen MR) is 160 cm³/mol. The van der Waals surface area contributed by atoms with E-state index in [1.54, 1.807) is 42.7 Å². The standard InChI is InChI=1S/C32H29N3O7S/c1-6-40-31(38)27-18(3)33-32-35(28(27)21-9-12-24-25(14-21)42-16-41-24)29(36)26(43-32)15-22-13-17(2)34(19(22)4)23-10-7-20(8-11-23)30(37)39-5/h7-15,28H,6,16H2,1-5H3/b26-15+/t28-/m0/s1. The number of aryl methyl sites for hydroxylation is 1. The minimum absolute atomic E-state index is 0.106. The number of benzene rings is 2. The molecule has 43 heavy (non-hydrogen) atoms. The Morgan fingerprint density at radius 1 is 1.05 bits per heavy atom. The predicted octanol–water partition coefficient (Wildman–Crippen LogP) is 3.72. The van der Waals surface area contributed by atoms with Crippen LogP contribution in [0.3, 0.4) is 0 Å². The van der Waals surface area contributed by atoms with Crippen molar-refractivity contribution < 1.29 is 28.5 Å². The maximum Gasteiger partial charge on any atom is 0.338 e. The highest BCUT2D eigenvalue weighted by atomic mass is 32.1. The molecule has 11 heteroatoms. The maximum absolute atomic E-state index is 14.1. The maximum atomic E-state index is 14.1. The van der Waals surface area contributed by atoms with Crippen LogP contribution in [-0.2, 0) is 14.3 Å². The van der Waals surface area contributed by atoms with Crippen LogP contribution in [-0.4, -0.2) is 41.6 Å². The summed E-state index contributed by atoms with van der Waals surface area (Å²) in [6, 6.07) is 13.8. The van der Waals surface area contributed by atoms with Crippen LogP contribution in [0.4, 0.5) is 0 Å². The number of carbonyl (C=O) groups excluding carboxylic acids is 2. The van der Waals surface area contributed by atoms with Gasteiger partial charge in [-0.05, 0) is 87.4 Å². The fraction of sp³-hybridized carbons (Fsp3) is 0.250. The summed E-state index contributed by atoms with van der Waals surface area (Å²) in [4.78, 5) is 44.3. The Labute approximate surface area is 250 Å². The van der Waals surface area contributed by atoms with Crippen molar-refractivity contribution in [3.63, 3.8) is 0 Å². The zero-order valence-electron chi connectivity index (χ0n) is 24.3. The molecule has 4 heterocycles. The van der Waals surface area contributed by atoms with Crippen molar-refractivity contribution in [2.45, 2.75) is 33.7 Å². The third-order valence-corrected chi connectivity index (χ3v) is 8.52. The van der Waals surface area contributed by atoms with Gasteiger partial charge < -0.3 is 23.5 Å². The van der Waals surface area contributed by atoms with Gasteiger partial charge in [-0.3, -0.25) is 9.36 Å². The molecule has 1 atom stereocenters. The summed E-state index contributed by atoms with van der Waals surface area (Å²) in [5, 5.41) is 0. The number of rotatable bonds is 6. The molecular formula is C32H29N3O7S. The van der Waals surface area contributed by atoms with Gasteiger partial charge in [-0.15, -0.1) is 0 Å². The first-order chi connectivity index (χ1) is 20.7. The molecule has 2 aliphatic rings. The smallest absolute Gasteiger partial charge is 0.338 e. The van der Waals surface area contributed by atoms with Crippen LogP contribution in [0.2, 0.25) is 0 Å². The number of allylic oxidation sites excluding steroid dienone is 1. The Morgan fingerprint density at radius 2 is 1.79 bits per heavy atom. The Morgan fingerprint density at radius 3 is 2.51 bits per heavy atom. The second-order valence-electron chi connectivity index (χ2n) is 10.1. The Balaban J connectivity index is 1.47. The molecule has 2 aromatic carbocycles. The lowest BCUT2D eigenvalue weighted by atomic mass is 9.95. The first-order valence-corrected chi connectivity index (χ1v) is 14.5. The third-order valence-electron chi connectivity index (χ3n) is 7.53. The molecular weight excluding hydrogens is 570 g/mol. The summed E-state index contributed by atoms with van der Waals surface area (Å²) in [5.74, 6) is 0.223. The first kappa shape index (κ1) is 28.2. The quantitative estimate of drug-likeness (QED) is 0.311. The molecule has 6 rings (SSSR count). The summed E-state index contributed by atoms with van der Waals surface area (Å²) in [6.45, 7) is 7.74. The molecule has 0 unspecified atom stereocenters. The van der Waals surface area contributed by atoms with Gasteiger partial charge in [0.25, 0.3) is 5.56 Å². The Hall–Kier alpha value is -4.90. The minimum atomic E-state index is -0.757. The van der Waals surface area contributed by atoms with Crippen molar-refractivity contribution in [1.29, 1.82) is 0 Å². The van der Waals surface area contributed by atoms with E-state index >= 15 is 0 Å².